The van der Waals surface area contributed by atoms with Crippen LogP contribution in [0.15, 0.2) is 0 Å². The van der Waals surface area contributed by atoms with Gasteiger partial charge >= 0.3 is 0 Å². The summed E-state index contributed by atoms with van der Waals surface area (Å²) in [4.78, 5) is 2.60. The molecule has 2 fully saturated rings. The Morgan fingerprint density at radius 1 is 1.47 bits per heavy atom. The molecule has 3 nitrogen and oxygen atoms in total. The minimum Gasteiger partial charge on any atom is -0.374 e. The molecule has 2 rings (SSSR count). The Bertz CT molecular complexity index is 238. The van der Waals surface area contributed by atoms with Gasteiger partial charge < -0.3 is 15.0 Å². The number of nitrogens with zero attached hydrogens (tertiary/aromatic N) is 1. The summed E-state index contributed by atoms with van der Waals surface area (Å²) in [5.74, 6) is 0.758. The Kier molecular flexibility index (Phi) is 4.45. The SMILES string of the molecule is CCNC1CCN(CC2(C)CCCO2)CC1C. The van der Waals surface area contributed by atoms with E-state index in [-0.39, 0.29) is 5.60 Å². The lowest BCUT2D eigenvalue weighted by atomic mass is 9.92. The van der Waals surface area contributed by atoms with E-state index in [1.807, 2.05) is 0 Å². The van der Waals surface area contributed by atoms with Crippen LogP contribution in [0.3, 0.4) is 0 Å². The van der Waals surface area contributed by atoms with Crippen molar-refractivity contribution in [3.63, 3.8) is 0 Å². The molecule has 2 aliphatic rings. The second-order valence-corrected chi connectivity index (χ2v) is 6.07. The van der Waals surface area contributed by atoms with Crippen LogP contribution in [0.25, 0.3) is 0 Å². The van der Waals surface area contributed by atoms with E-state index >= 15 is 0 Å². The van der Waals surface area contributed by atoms with E-state index in [9.17, 15) is 0 Å². The zero-order valence-electron chi connectivity index (χ0n) is 11.7. The molecule has 0 saturated carbocycles. The quantitative estimate of drug-likeness (QED) is 0.812. The van der Waals surface area contributed by atoms with Crippen molar-refractivity contribution in [3.05, 3.63) is 0 Å². The average molecular weight is 240 g/mol. The highest BCUT2D eigenvalue weighted by Gasteiger charge is 2.34. The first-order valence-electron chi connectivity index (χ1n) is 7.23. The molecule has 100 valence electrons. The summed E-state index contributed by atoms with van der Waals surface area (Å²) in [5, 5.41) is 3.60. The maximum absolute atomic E-state index is 5.90. The summed E-state index contributed by atoms with van der Waals surface area (Å²) in [6.45, 7) is 12.5. The summed E-state index contributed by atoms with van der Waals surface area (Å²) in [5.41, 5.74) is 0.130. The number of nitrogens with one attached hydrogen (secondary N) is 1. The second kappa shape index (κ2) is 5.68. The summed E-state index contributed by atoms with van der Waals surface area (Å²) < 4.78 is 5.90. The highest BCUT2D eigenvalue weighted by atomic mass is 16.5. The van der Waals surface area contributed by atoms with Crippen LogP contribution >= 0.6 is 0 Å². The van der Waals surface area contributed by atoms with E-state index in [2.05, 4.69) is 31.0 Å². The van der Waals surface area contributed by atoms with Crippen molar-refractivity contribution in [2.75, 3.05) is 32.8 Å². The third-order valence-electron chi connectivity index (χ3n) is 4.31. The number of ether oxygens (including phenoxy) is 1. The van der Waals surface area contributed by atoms with Crippen molar-refractivity contribution in [1.82, 2.24) is 10.2 Å². The predicted molar refractivity (Wildman–Crippen MR) is 71.3 cm³/mol. The largest absolute Gasteiger partial charge is 0.374 e. The summed E-state index contributed by atoms with van der Waals surface area (Å²) >= 11 is 0. The van der Waals surface area contributed by atoms with Gasteiger partial charge in [0.1, 0.15) is 0 Å². The Morgan fingerprint density at radius 2 is 2.29 bits per heavy atom. The number of piperidine rings is 1. The fourth-order valence-corrected chi connectivity index (χ4v) is 3.38. The Hall–Kier alpha value is -0.120. The number of rotatable bonds is 4. The molecule has 0 amide bonds. The van der Waals surface area contributed by atoms with Gasteiger partial charge in [0.25, 0.3) is 0 Å². The lowest BCUT2D eigenvalue weighted by molar-refractivity contribution is -0.0196. The van der Waals surface area contributed by atoms with Gasteiger partial charge in [-0.15, -0.1) is 0 Å². The van der Waals surface area contributed by atoms with Gasteiger partial charge in [-0.2, -0.15) is 0 Å². The van der Waals surface area contributed by atoms with E-state index < -0.39 is 0 Å². The number of likely N-dealkylation sites (tertiary alicyclic amines) is 1. The van der Waals surface area contributed by atoms with Crippen LogP contribution in [0, 0.1) is 5.92 Å². The number of hydrogen-bond donors (Lipinski definition) is 1. The van der Waals surface area contributed by atoms with Crippen molar-refractivity contribution >= 4 is 0 Å². The van der Waals surface area contributed by atoms with Gasteiger partial charge in [-0.3, -0.25) is 0 Å². The molecule has 0 aliphatic carbocycles. The molecular weight excluding hydrogens is 212 g/mol. The van der Waals surface area contributed by atoms with Crippen molar-refractivity contribution in [3.8, 4) is 0 Å². The van der Waals surface area contributed by atoms with Crippen LogP contribution in [0.5, 0.6) is 0 Å². The Balaban J connectivity index is 1.80. The molecule has 3 heteroatoms. The molecule has 2 heterocycles. The predicted octanol–water partition coefficient (Wildman–Crippen LogP) is 1.88. The van der Waals surface area contributed by atoms with E-state index in [0.717, 1.165) is 25.6 Å². The van der Waals surface area contributed by atoms with Crippen LogP contribution in [0.4, 0.5) is 0 Å². The third kappa shape index (κ3) is 3.43. The summed E-state index contributed by atoms with van der Waals surface area (Å²) in [6.07, 6.45) is 3.75. The van der Waals surface area contributed by atoms with Crippen LogP contribution in [-0.4, -0.2) is 49.3 Å². The van der Waals surface area contributed by atoms with Crippen molar-refractivity contribution in [2.24, 2.45) is 5.92 Å². The molecule has 17 heavy (non-hydrogen) atoms. The van der Waals surface area contributed by atoms with Crippen LogP contribution in [-0.2, 0) is 4.74 Å². The van der Waals surface area contributed by atoms with Gasteiger partial charge in [-0.05, 0) is 45.2 Å². The monoisotopic (exact) mass is 240 g/mol. The molecule has 2 aliphatic heterocycles. The summed E-state index contributed by atoms with van der Waals surface area (Å²) in [6, 6.07) is 0.716. The normalized spacial score (nSPS) is 39.7. The van der Waals surface area contributed by atoms with Gasteiger partial charge in [0.2, 0.25) is 0 Å². The maximum atomic E-state index is 5.90. The fraction of sp³-hybridized carbons (Fsp3) is 1.00. The maximum Gasteiger partial charge on any atom is 0.0781 e. The standard InChI is InChI=1S/C14H28N2O/c1-4-15-13-6-8-16(10-12(13)2)11-14(3)7-5-9-17-14/h12-13,15H,4-11H2,1-3H3. The first-order chi connectivity index (χ1) is 8.13. The zero-order valence-corrected chi connectivity index (χ0v) is 11.7. The van der Waals surface area contributed by atoms with Gasteiger partial charge in [0.15, 0.2) is 0 Å². The van der Waals surface area contributed by atoms with Crippen LogP contribution in [0.1, 0.15) is 40.0 Å². The van der Waals surface area contributed by atoms with Gasteiger partial charge in [0.05, 0.1) is 5.60 Å². The molecule has 3 atom stereocenters. The van der Waals surface area contributed by atoms with Crippen molar-refractivity contribution in [2.45, 2.75) is 51.7 Å². The molecule has 0 aromatic heterocycles. The molecule has 0 aromatic carbocycles. The molecule has 0 radical (unpaired) electrons. The Labute approximate surface area is 106 Å². The third-order valence-corrected chi connectivity index (χ3v) is 4.31. The smallest absolute Gasteiger partial charge is 0.0781 e. The summed E-state index contributed by atoms with van der Waals surface area (Å²) in [7, 11) is 0. The molecule has 0 aromatic rings. The zero-order chi connectivity index (χ0) is 12.3. The fourth-order valence-electron chi connectivity index (χ4n) is 3.38. The molecule has 0 bridgehead atoms. The lowest BCUT2D eigenvalue weighted by Crippen LogP contribution is -2.51. The van der Waals surface area contributed by atoms with Crippen LogP contribution < -0.4 is 5.32 Å². The minimum atomic E-state index is 0.130. The minimum absolute atomic E-state index is 0.130. The first-order valence-corrected chi connectivity index (χ1v) is 7.23. The van der Waals surface area contributed by atoms with E-state index in [0.29, 0.717) is 6.04 Å². The molecular formula is C14H28N2O. The average Bonchev–Trinajstić information content (AvgIpc) is 2.69. The van der Waals surface area contributed by atoms with Gasteiger partial charge in [-0.25, -0.2) is 0 Å². The van der Waals surface area contributed by atoms with Gasteiger partial charge in [-0.1, -0.05) is 13.8 Å². The first kappa shape index (κ1) is 13.3. The van der Waals surface area contributed by atoms with E-state index in [1.165, 1.54) is 32.4 Å². The van der Waals surface area contributed by atoms with Crippen molar-refractivity contribution < 1.29 is 4.74 Å². The molecule has 0 spiro atoms. The van der Waals surface area contributed by atoms with E-state index in [4.69, 9.17) is 4.74 Å². The Morgan fingerprint density at radius 3 is 2.88 bits per heavy atom. The van der Waals surface area contributed by atoms with E-state index in [1.54, 1.807) is 0 Å². The molecule has 1 N–H and O–H groups in total. The van der Waals surface area contributed by atoms with Gasteiger partial charge in [0, 0.05) is 25.7 Å². The molecule has 3 unspecified atom stereocenters. The highest BCUT2D eigenvalue weighted by molar-refractivity contribution is 4.88. The second-order valence-electron chi connectivity index (χ2n) is 6.07. The van der Waals surface area contributed by atoms with Crippen LogP contribution in [0.2, 0.25) is 0 Å². The number of hydrogen-bond acceptors (Lipinski definition) is 3. The molecule has 2 saturated heterocycles. The van der Waals surface area contributed by atoms with Crippen molar-refractivity contribution in [1.29, 1.82) is 0 Å². The topological polar surface area (TPSA) is 24.5 Å². The lowest BCUT2D eigenvalue weighted by Gasteiger charge is -2.40. The highest BCUT2D eigenvalue weighted by Crippen LogP contribution is 2.28.